The van der Waals surface area contributed by atoms with Gasteiger partial charge in [0.15, 0.2) is 0 Å². The molecular formula is C13H6Cl2F3NO2. The molecule has 8 heteroatoms. The fourth-order valence-electron chi connectivity index (χ4n) is 1.83. The van der Waals surface area contributed by atoms with Crippen LogP contribution in [0.5, 0.6) is 0 Å². The van der Waals surface area contributed by atoms with Gasteiger partial charge in [-0.3, -0.25) is 4.98 Å². The second-order valence-corrected chi connectivity index (χ2v) is 4.80. The largest absolute Gasteiger partial charge is 0.478 e. The molecule has 0 saturated heterocycles. The molecule has 1 heterocycles. The highest BCUT2D eigenvalue weighted by atomic mass is 35.5. The molecule has 110 valence electrons. The van der Waals surface area contributed by atoms with E-state index in [0.29, 0.717) is 6.07 Å². The Morgan fingerprint density at radius 1 is 1.14 bits per heavy atom. The zero-order valence-electron chi connectivity index (χ0n) is 10.1. The normalized spacial score (nSPS) is 11.5. The van der Waals surface area contributed by atoms with E-state index in [0.717, 1.165) is 6.20 Å². The summed E-state index contributed by atoms with van der Waals surface area (Å²) in [6.45, 7) is 0. The Morgan fingerprint density at radius 3 is 2.19 bits per heavy atom. The molecule has 0 amide bonds. The molecule has 0 unspecified atom stereocenters. The topological polar surface area (TPSA) is 50.2 Å². The van der Waals surface area contributed by atoms with E-state index in [1.165, 1.54) is 18.2 Å². The minimum absolute atomic E-state index is 0.0109. The van der Waals surface area contributed by atoms with Crippen molar-refractivity contribution in [1.29, 1.82) is 0 Å². The number of rotatable bonds is 2. The molecule has 1 N–H and O–H groups in total. The van der Waals surface area contributed by atoms with Gasteiger partial charge in [-0.25, -0.2) is 4.79 Å². The number of aromatic carboxylic acids is 1. The van der Waals surface area contributed by atoms with Crippen LogP contribution < -0.4 is 0 Å². The molecule has 0 spiro atoms. The van der Waals surface area contributed by atoms with Crippen molar-refractivity contribution < 1.29 is 23.1 Å². The van der Waals surface area contributed by atoms with Crippen molar-refractivity contribution in [2.75, 3.05) is 0 Å². The number of pyridine rings is 1. The number of hydrogen-bond acceptors (Lipinski definition) is 2. The Balaban J connectivity index is 2.85. The molecule has 3 nitrogen and oxygen atoms in total. The molecule has 1 aromatic carbocycles. The van der Waals surface area contributed by atoms with Gasteiger partial charge in [0.05, 0.1) is 26.9 Å². The summed E-state index contributed by atoms with van der Waals surface area (Å²) in [5, 5.41) is 9.15. The average molecular weight is 336 g/mol. The highest BCUT2D eigenvalue weighted by Crippen LogP contribution is 2.40. The fraction of sp³-hybridized carbons (Fsp3) is 0.0769. The Hall–Kier alpha value is -1.79. The van der Waals surface area contributed by atoms with Crippen LogP contribution in [0.25, 0.3) is 11.3 Å². The van der Waals surface area contributed by atoms with Crippen LogP contribution in [0.1, 0.15) is 15.9 Å². The van der Waals surface area contributed by atoms with Gasteiger partial charge in [0.2, 0.25) is 0 Å². The number of halogens is 5. The predicted molar refractivity (Wildman–Crippen MR) is 71.7 cm³/mol. The maximum absolute atomic E-state index is 12.9. The molecule has 0 aliphatic rings. The van der Waals surface area contributed by atoms with Crippen LogP contribution in [0.2, 0.25) is 10.0 Å². The van der Waals surface area contributed by atoms with E-state index in [9.17, 15) is 18.0 Å². The average Bonchev–Trinajstić information content (AvgIpc) is 2.37. The lowest BCUT2D eigenvalue weighted by Crippen LogP contribution is -2.15. The minimum Gasteiger partial charge on any atom is -0.478 e. The first-order valence-corrected chi connectivity index (χ1v) is 6.23. The molecule has 21 heavy (non-hydrogen) atoms. The highest BCUT2D eigenvalue weighted by molar-refractivity contribution is 6.39. The summed E-state index contributed by atoms with van der Waals surface area (Å²) in [4.78, 5) is 15.0. The van der Waals surface area contributed by atoms with Crippen molar-refractivity contribution in [2.24, 2.45) is 0 Å². The molecule has 2 aromatic rings. The van der Waals surface area contributed by atoms with Crippen molar-refractivity contribution in [3.63, 3.8) is 0 Å². The first-order chi connectivity index (χ1) is 9.73. The van der Waals surface area contributed by atoms with Gasteiger partial charge in [0.25, 0.3) is 0 Å². The van der Waals surface area contributed by atoms with Gasteiger partial charge in [0.1, 0.15) is 0 Å². The Labute approximate surface area is 126 Å². The number of carboxylic acid groups (broad SMARTS) is 1. The van der Waals surface area contributed by atoms with Crippen molar-refractivity contribution >= 4 is 29.2 Å². The number of carbonyl (C=O) groups is 1. The Bertz CT molecular complexity index is 697. The number of aromatic nitrogens is 1. The molecule has 1 aromatic heterocycles. The number of carboxylic acids is 1. The lowest BCUT2D eigenvalue weighted by molar-refractivity contribution is -0.138. The summed E-state index contributed by atoms with van der Waals surface area (Å²) in [6.07, 6.45) is -3.97. The van der Waals surface area contributed by atoms with Crippen LogP contribution in [0.3, 0.4) is 0 Å². The standard InChI is InChI=1S/C13H6Cl2F3NO2/c14-7-2-1-3-8(15)10(7)11-9(12(20)21)6(4-5-19-11)13(16,17)18/h1-5H,(H,20,21). The number of nitrogens with zero attached hydrogens (tertiary/aromatic N) is 1. The lowest BCUT2D eigenvalue weighted by Gasteiger charge is -2.14. The summed E-state index contributed by atoms with van der Waals surface area (Å²) in [7, 11) is 0. The molecule has 0 fully saturated rings. The van der Waals surface area contributed by atoms with Crippen LogP contribution in [-0.2, 0) is 6.18 Å². The van der Waals surface area contributed by atoms with Crippen LogP contribution in [-0.4, -0.2) is 16.1 Å². The SMILES string of the molecule is O=C(O)c1c(C(F)(F)F)ccnc1-c1c(Cl)cccc1Cl. The van der Waals surface area contributed by atoms with Gasteiger partial charge >= 0.3 is 12.1 Å². The summed E-state index contributed by atoms with van der Waals surface area (Å²) < 4.78 is 38.8. The smallest absolute Gasteiger partial charge is 0.417 e. The van der Waals surface area contributed by atoms with Crippen LogP contribution >= 0.6 is 23.2 Å². The third kappa shape index (κ3) is 2.96. The summed E-state index contributed by atoms with van der Waals surface area (Å²) >= 11 is 11.8. The number of benzene rings is 1. The third-order valence-corrected chi connectivity index (χ3v) is 3.30. The minimum atomic E-state index is -4.83. The van der Waals surface area contributed by atoms with Crippen molar-refractivity contribution in [1.82, 2.24) is 4.98 Å². The first kappa shape index (κ1) is 15.6. The Morgan fingerprint density at radius 2 is 1.71 bits per heavy atom. The van der Waals surface area contributed by atoms with E-state index in [4.69, 9.17) is 28.3 Å². The number of alkyl halides is 3. The zero-order chi connectivity index (χ0) is 15.8. The molecular weight excluding hydrogens is 330 g/mol. The monoisotopic (exact) mass is 335 g/mol. The van der Waals surface area contributed by atoms with Crippen molar-refractivity contribution in [3.05, 3.63) is 51.6 Å². The van der Waals surface area contributed by atoms with Gasteiger partial charge in [-0.05, 0) is 18.2 Å². The molecule has 0 aliphatic carbocycles. The molecule has 0 radical (unpaired) electrons. The van der Waals surface area contributed by atoms with Crippen molar-refractivity contribution in [2.45, 2.75) is 6.18 Å². The van der Waals surface area contributed by atoms with Gasteiger partial charge < -0.3 is 5.11 Å². The van der Waals surface area contributed by atoms with Crippen molar-refractivity contribution in [3.8, 4) is 11.3 Å². The quantitative estimate of drug-likeness (QED) is 0.859. The second kappa shape index (κ2) is 5.54. The van der Waals surface area contributed by atoms with Gasteiger partial charge in [-0.2, -0.15) is 13.2 Å². The molecule has 0 aliphatic heterocycles. The van der Waals surface area contributed by atoms with Gasteiger partial charge in [0, 0.05) is 11.8 Å². The highest BCUT2D eigenvalue weighted by Gasteiger charge is 2.37. The summed E-state index contributed by atoms with van der Waals surface area (Å²) in [5.41, 5.74) is -2.77. The van der Waals surface area contributed by atoms with E-state index in [2.05, 4.69) is 4.98 Å². The van der Waals surface area contributed by atoms with Crippen LogP contribution in [0.15, 0.2) is 30.5 Å². The maximum Gasteiger partial charge on any atom is 0.417 e. The zero-order valence-corrected chi connectivity index (χ0v) is 11.6. The summed E-state index contributed by atoms with van der Waals surface area (Å²) in [5.74, 6) is -1.76. The van der Waals surface area contributed by atoms with E-state index in [1.54, 1.807) is 0 Å². The lowest BCUT2D eigenvalue weighted by atomic mass is 10.0. The van der Waals surface area contributed by atoms with Gasteiger partial charge in [-0.15, -0.1) is 0 Å². The second-order valence-electron chi connectivity index (χ2n) is 3.98. The van der Waals surface area contributed by atoms with E-state index in [1.807, 2.05) is 0 Å². The van der Waals surface area contributed by atoms with Gasteiger partial charge in [-0.1, -0.05) is 29.3 Å². The molecule has 0 atom stereocenters. The summed E-state index contributed by atoms with van der Waals surface area (Å²) in [6, 6.07) is 4.85. The Kier molecular flexibility index (Phi) is 4.11. The maximum atomic E-state index is 12.9. The van der Waals surface area contributed by atoms with E-state index >= 15 is 0 Å². The van der Waals surface area contributed by atoms with Crippen LogP contribution in [0, 0.1) is 0 Å². The molecule has 0 saturated carbocycles. The molecule has 0 bridgehead atoms. The fourth-order valence-corrected chi connectivity index (χ4v) is 2.40. The van der Waals surface area contributed by atoms with E-state index in [-0.39, 0.29) is 15.6 Å². The first-order valence-electron chi connectivity index (χ1n) is 5.47. The molecule has 2 rings (SSSR count). The van der Waals surface area contributed by atoms with Crippen LogP contribution in [0.4, 0.5) is 13.2 Å². The predicted octanol–water partition coefficient (Wildman–Crippen LogP) is 4.77. The third-order valence-electron chi connectivity index (χ3n) is 2.67. The number of hydrogen-bond donors (Lipinski definition) is 1. The van der Waals surface area contributed by atoms with E-state index < -0.39 is 29.0 Å².